The van der Waals surface area contributed by atoms with Crippen molar-refractivity contribution in [2.45, 2.75) is 38.6 Å². The van der Waals surface area contributed by atoms with E-state index in [-0.39, 0.29) is 24.7 Å². The summed E-state index contributed by atoms with van der Waals surface area (Å²) in [6.07, 6.45) is 0.593. The second-order valence-corrected chi connectivity index (χ2v) is 6.01. The van der Waals surface area contributed by atoms with Crippen LogP contribution in [-0.2, 0) is 5.41 Å². The Morgan fingerprint density at radius 3 is 2.59 bits per heavy atom. The van der Waals surface area contributed by atoms with Gasteiger partial charge in [0.1, 0.15) is 0 Å². The second kappa shape index (κ2) is 6.50. The van der Waals surface area contributed by atoms with E-state index in [2.05, 4.69) is 37.5 Å². The van der Waals surface area contributed by atoms with Gasteiger partial charge in [0.2, 0.25) is 0 Å². The summed E-state index contributed by atoms with van der Waals surface area (Å²) in [4.78, 5) is 1.38. The summed E-state index contributed by atoms with van der Waals surface area (Å²) in [5.74, 6) is 0. The number of rotatable bonds is 7. The first-order valence-electron chi connectivity index (χ1n) is 6.01. The first-order chi connectivity index (χ1) is 8.01. The third-order valence-electron chi connectivity index (χ3n) is 3.01. The Kier molecular flexibility index (Phi) is 5.59. The molecule has 0 fully saturated rings. The van der Waals surface area contributed by atoms with E-state index < -0.39 is 0 Å². The fraction of sp³-hybridized carbons (Fsp3) is 0.692. The molecule has 0 aliphatic rings. The number of thiophene rings is 1. The van der Waals surface area contributed by atoms with Crippen molar-refractivity contribution in [3.05, 3.63) is 21.9 Å². The molecule has 17 heavy (non-hydrogen) atoms. The van der Waals surface area contributed by atoms with Crippen LogP contribution in [0.2, 0.25) is 0 Å². The third kappa shape index (κ3) is 4.07. The molecule has 1 rings (SSSR count). The summed E-state index contributed by atoms with van der Waals surface area (Å²) >= 11 is 1.78. The lowest BCUT2D eigenvalue weighted by Gasteiger charge is -2.27. The summed E-state index contributed by atoms with van der Waals surface area (Å²) in [6.45, 7) is 7.51. The minimum Gasteiger partial charge on any atom is -0.396 e. The predicted molar refractivity (Wildman–Crippen MR) is 72.7 cm³/mol. The fourth-order valence-corrected chi connectivity index (χ4v) is 3.01. The zero-order valence-corrected chi connectivity index (χ0v) is 11.7. The van der Waals surface area contributed by atoms with Gasteiger partial charge < -0.3 is 15.5 Å². The number of nitrogens with one attached hydrogen (secondary N) is 1. The van der Waals surface area contributed by atoms with Crippen LogP contribution in [0.4, 0.5) is 0 Å². The molecule has 0 radical (unpaired) electrons. The molecule has 1 aromatic heterocycles. The molecule has 0 saturated carbocycles. The highest BCUT2D eigenvalue weighted by molar-refractivity contribution is 7.10. The Bertz CT molecular complexity index is 336. The summed E-state index contributed by atoms with van der Waals surface area (Å²) in [6, 6.07) is 2.12. The lowest BCUT2D eigenvalue weighted by molar-refractivity contribution is 0.196. The minimum absolute atomic E-state index is 0.0143. The number of hydrogen-bond acceptors (Lipinski definition) is 4. The van der Waals surface area contributed by atoms with E-state index in [0.29, 0.717) is 6.42 Å². The Labute approximate surface area is 107 Å². The van der Waals surface area contributed by atoms with Crippen molar-refractivity contribution >= 4 is 11.3 Å². The maximum Gasteiger partial charge on any atom is 0.0585 e. The van der Waals surface area contributed by atoms with Gasteiger partial charge in [-0.15, -0.1) is 11.3 Å². The molecule has 1 aromatic rings. The van der Waals surface area contributed by atoms with Gasteiger partial charge in [0.25, 0.3) is 0 Å². The van der Waals surface area contributed by atoms with E-state index in [1.54, 1.807) is 11.3 Å². The normalized spacial score (nSPS) is 13.9. The summed E-state index contributed by atoms with van der Waals surface area (Å²) < 4.78 is 0. The van der Waals surface area contributed by atoms with Crippen molar-refractivity contribution in [2.24, 2.45) is 0 Å². The van der Waals surface area contributed by atoms with Crippen LogP contribution in [0.5, 0.6) is 0 Å². The highest BCUT2D eigenvalue weighted by Crippen LogP contribution is 2.30. The average molecular weight is 257 g/mol. The molecule has 1 atom stereocenters. The van der Waals surface area contributed by atoms with Crippen molar-refractivity contribution in [3.8, 4) is 0 Å². The summed E-state index contributed by atoms with van der Waals surface area (Å²) in [5.41, 5.74) is 1.38. The zero-order valence-electron chi connectivity index (χ0n) is 10.9. The Balaban J connectivity index is 2.58. The highest BCUT2D eigenvalue weighted by Gasteiger charge is 2.24. The molecule has 0 amide bonds. The molecule has 0 bridgehead atoms. The Morgan fingerprint density at radius 1 is 1.41 bits per heavy atom. The van der Waals surface area contributed by atoms with Crippen LogP contribution in [0, 0.1) is 6.92 Å². The average Bonchev–Trinajstić information content (AvgIpc) is 2.71. The SMILES string of the molecule is Cc1ccsc1C(C)(C)CNC(CO)CCO. The van der Waals surface area contributed by atoms with Crippen molar-refractivity contribution < 1.29 is 10.2 Å². The molecular formula is C13H23NO2S. The van der Waals surface area contributed by atoms with Gasteiger partial charge in [-0.25, -0.2) is 0 Å². The number of aliphatic hydroxyl groups excluding tert-OH is 2. The smallest absolute Gasteiger partial charge is 0.0585 e. The van der Waals surface area contributed by atoms with E-state index in [0.717, 1.165) is 6.54 Å². The molecular weight excluding hydrogens is 234 g/mol. The molecule has 0 aliphatic carbocycles. The van der Waals surface area contributed by atoms with Gasteiger partial charge in [-0.05, 0) is 30.4 Å². The standard InChI is InChI=1S/C13H23NO2S/c1-10-5-7-17-12(10)13(2,3)9-14-11(8-16)4-6-15/h5,7,11,14-16H,4,6,8-9H2,1-3H3. The fourth-order valence-electron chi connectivity index (χ4n) is 1.96. The van der Waals surface area contributed by atoms with Crippen molar-refractivity contribution in [1.82, 2.24) is 5.32 Å². The molecule has 1 heterocycles. The molecule has 4 heteroatoms. The first-order valence-corrected chi connectivity index (χ1v) is 6.89. The predicted octanol–water partition coefficient (Wildman–Crippen LogP) is 1.67. The van der Waals surface area contributed by atoms with Gasteiger partial charge in [-0.2, -0.15) is 0 Å². The van der Waals surface area contributed by atoms with Gasteiger partial charge >= 0.3 is 0 Å². The zero-order chi connectivity index (χ0) is 12.9. The molecule has 0 spiro atoms. The molecule has 98 valence electrons. The van der Waals surface area contributed by atoms with Gasteiger partial charge in [-0.3, -0.25) is 0 Å². The maximum absolute atomic E-state index is 9.17. The van der Waals surface area contributed by atoms with Crippen LogP contribution in [0.25, 0.3) is 0 Å². The minimum atomic E-state index is -0.0143. The van der Waals surface area contributed by atoms with Gasteiger partial charge in [-0.1, -0.05) is 13.8 Å². The summed E-state index contributed by atoms with van der Waals surface area (Å²) in [5, 5.41) is 23.5. The van der Waals surface area contributed by atoms with Crippen LogP contribution in [0.15, 0.2) is 11.4 Å². The van der Waals surface area contributed by atoms with Crippen molar-refractivity contribution in [1.29, 1.82) is 0 Å². The van der Waals surface area contributed by atoms with Crippen molar-refractivity contribution in [2.75, 3.05) is 19.8 Å². The Morgan fingerprint density at radius 2 is 2.12 bits per heavy atom. The molecule has 0 aliphatic heterocycles. The maximum atomic E-state index is 9.17. The van der Waals surface area contributed by atoms with E-state index in [9.17, 15) is 0 Å². The lowest BCUT2D eigenvalue weighted by atomic mass is 9.89. The molecule has 1 unspecified atom stereocenters. The molecule has 0 saturated heterocycles. The monoisotopic (exact) mass is 257 g/mol. The van der Waals surface area contributed by atoms with Crippen LogP contribution in [0.3, 0.4) is 0 Å². The van der Waals surface area contributed by atoms with Gasteiger partial charge in [0.05, 0.1) is 6.61 Å². The molecule has 3 nitrogen and oxygen atoms in total. The van der Waals surface area contributed by atoms with Crippen LogP contribution >= 0.6 is 11.3 Å². The number of hydrogen-bond donors (Lipinski definition) is 3. The Hall–Kier alpha value is -0.420. The second-order valence-electron chi connectivity index (χ2n) is 5.09. The topological polar surface area (TPSA) is 52.5 Å². The van der Waals surface area contributed by atoms with Crippen LogP contribution < -0.4 is 5.32 Å². The molecule has 0 aromatic carbocycles. The van der Waals surface area contributed by atoms with Crippen LogP contribution in [0.1, 0.15) is 30.7 Å². The third-order valence-corrected chi connectivity index (χ3v) is 4.39. The van der Waals surface area contributed by atoms with E-state index in [4.69, 9.17) is 10.2 Å². The number of aliphatic hydroxyl groups is 2. The van der Waals surface area contributed by atoms with Gasteiger partial charge in [0, 0.05) is 29.5 Å². The van der Waals surface area contributed by atoms with Crippen LogP contribution in [-0.4, -0.2) is 36.0 Å². The van der Waals surface area contributed by atoms with E-state index in [1.807, 2.05) is 0 Å². The quantitative estimate of drug-likeness (QED) is 0.696. The van der Waals surface area contributed by atoms with Gasteiger partial charge in [0.15, 0.2) is 0 Å². The summed E-state index contributed by atoms with van der Waals surface area (Å²) in [7, 11) is 0. The molecule has 3 N–H and O–H groups in total. The highest BCUT2D eigenvalue weighted by atomic mass is 32.1. The first kappa shape index (κ1) is 14.6. The van der Waals surface area contributed by atoms with E-state index >= 15 is 0 Å². The lowest BCUT2D eigenvalue weighted by Crippen LogP contribution is -2.41. The number of aryl methyl sites for hydroxylation is 1. The van der Waals surface area contributed by atoms with Crippen molar-refractivity contribution in [3.63, 3.8) is 0 Å². The van der Waals surface area contributed by atoms with E-state index in [1.165, 1.54) is 10.4 Å². The largest absolute Gasteiger partial charge is 0.396 e.